The number of benzene rings is 1. The van der Waals surface area contributed by atoms with Gasteiger partial charge in [-0.15, -0.1) is 0 Å². The van der Waals surface area contributed by atoms with E-state index in [1.807, 2.05) is 10.9 Å². The third-order valence-corrected chi connectivity index (χ3v) is 3.49. The average molecular weight is 285 g/mol. The molecule has 21 heavy (non-hydrogen) atoms. The van der Waals surface area contributed by atoms with Crippen LogP contribution >= 0.6 is 0 Å². The number of hydrogen-bond acceptors (Lipinski definition) is 2. The van der Waals surface area contributed by atoms with Crippen molar-refractivity contribution < 1.29 is 0 Å². The average Bonchev–Trinajstić information content (AvgIpc) is 2.86. The fourth-order valence-corrected chi connectivity index (χ4v) is 2.45. The van der Waals surface area contributed by atoms with Crippen LogP contribution in [0.1, 0.15) is 58.7 Å². The zero-order valence-electron chi connectivity index (χ0n) is 13.8. The van der Waals surface area contributed by atoms with Gasteiger partial charge in [-0.1, -0.05) is 51.1 Å². The maximum atomic E-state index is 4.41. The van der Waals surface area contributed by atoms with E-state index in [1.54, 1.807) is 0 Å². The lowest BCUT2D eigenvalue weighted by Crippen LogP contribution is -2.18. The molecule has 0 fully saturated rings. The van der Waals surface area contributed by atoms with Gasteiger partial charge in [0.2, 0.25) is 0 Å². The van der Waals surface area contributed by atoms with Crippen molar-refractivity contribution in [1.29, 1.82) is 0 Å². The van der Waals surface area contributed by atoms with Crippen LogP contribution in [0.2, 0.25) is 0 Å². The Kier molecular flexibility index (Phi) is 4.71. The van der Waals surface area contributed by atoms with E-state index in [1.165, 1.54) is 5.56 Å². The first-order valence-electron chi connectivity index (χ1n) is 7.71. The molecule has 0 aliphatic carbocycles. The Morgan fingerprint density at radius 1 is 1.14 bits per heavy atom. The van der Waals surface area contributed by atoms with Crippen LogP contribution < -0.4 is 5.32 Å². The molecule has 1 aromatic heterocycles. The predicted octanol–water partition coefficient (Wildman–Crippen LogP) is 5.05. The molecule has 0 aliphatic rings. The second kappa shape index (κ2) is 6.33. The van der Waals surface area contributed by atoms with Gasteiger partial charge in [0.1, 0.15) is 0 Å². The van der Waals surface area contributed by atoms with Gasteiger partial charge in [0.15, 0.2) is 0 Å². The summed E-state index contributed by atoms with van der Waals surface area (Å²) >= 11 is 0. The van der Waals surface area contributed by atoms with Crippen LogP contribution in [0.5, 0.6) is 0 Å². The van der Waals surface area contributed by atoms with E-state index in [0.29, 0.717) is 12.1 Å². The van der Waals surface area contributed by atoms with Crippen LogP contribution in [-0.2, 0) is 0 Å². The van der Waals surface area contributed by atoms with Crippen molar-refractivity contribution in [1.82, 2.24) is 9.78 Å². The van der Waals surface area contributed by atoms with E-state index in [-0.39, 0.29) is 5.41 Å². The van der Waals surface area contributed by atoms with Gasteiger partial charge < -0.3 is 5.32 Å². The van der Waals surface area contributed by atoms with Gasteiger partial charge in [-0.2, -0.15) is 5.10 Å². The molecule has 0 saturated heterocycles. The highest BCUT2D eigenvalue weighted by atomic mass is 15.3. The van der Waals surface area contributed by atoms with Crippen LogP contribution in [-0.4, -0.2) is 9.78 Å². The fraction of sp³-hybridized carbons (Fsp3) is 0.500. The largest absolute Gasteiger partial charge is 0.376 e. The van der Waals surface area contributed by atoms with Crippen LogP contribution in [0, 0.1) is 5.41 Å². The molecule has 0 radical (unpaired) electrons. The Labute approximate surface area is 128 Å². The number of nitrogens with zero attached hydrogens (tertiary/aromatic N) is 2. The van der Waals surface area contributed by atoms with Crippen molar-refractivity contribution in [2.24, 2.45) is 5.41 Å². The van der Waals surface area contributed by atoms with Gasteiger partial charge >= 0.3 is 0 Å². The number of anilines is 1. The molecule has 0 spiro atoms. The van der Waals surface area contributed by atoms with Crippen molar-refractivity contribution in [2.45, 2.75) is 53.1 Å². The Morgan fingerprint density at radius 3 is 2.33 bits per heavy atom. The number of rotatable bonds is 5. The molecule has 0 saturated carbocycles. The Bertz CT molecular complexity index is 549. The summed E-state index contributed by atoms with van der Waals surface area (Å²) < 4.78 is 1.99. The molecule has 1 heterocycles. The molecule has 114 valence electrons. The summed E-state index contributed by atoms with van der Waals surface area (Å²) in [5, 5.41) is 8.06. The van der Waals surface area contributed by atoms with E-state index in [0.717, 1.165) is 12.1 Å². The van der Waals surface area contributed by atoms with Gasteiger partial charge in [0.05, 0.1) is 17.9 Å². The molecule has 1 atom stereocenters. The topological polar surface area (TPSA) is 29.9 Å². The molecular weight excluding hydrogens is 258 g/mol. The van der Waals surface area contributed by atoms with Crippen molar-refractivity contribution in [3.8, 4) is 0 Å². The van der Waals surface area contributed by atoms with Crippen molar-refractivity contribution in [2.75, 3.05) is 5.32 Å². The number of aromatic nitrogens is 2. The lowest BCUT2D eigenvalue weighted by molar-refractivity contribution is 0.352. The predicted molar refractivity (Wildman–Crippen MR) is 89.5 cm³/mol. The molecule has 0 aliphatic heterocycles. The van der Waals surface area contributed by atoms with E-state index in [9.17, 15) is 0 Å². The Morgan fingerprint density at radius 2 is 1.81 bits per heavy atom. The highest BCUT2D eigenvalue weighted by Crippen LogP contribution is 2.32. The summed E-state index contributed by atoms with van der Waals surface area (Å²) in [5.74, 6) is 0. The maximum Gasteiger partial charge on any atom is 0.0731 e. The quantitative estimate of drug-likeness (QED) is 0.832. The van der Waals surface area contributed by atoms with Crippen LogP contribution in [0.15, 0.2) is 42.7 Å². The molecule has 2 rings (SSSR count). The minimum Gasteiger partial charge on any atom is -0.376 e. The maximum absolute atomic E-state index is 4.41. The van der Waals surface area contributed by atoms with Crippen molar-refractivity contribution in [3.63, 3.8) is 0 Å². The van der Waals surface area contributed by atoms with E-state index in [2.05, 4.69) is 81.6 Å². The number of nitrogens with one attached hydrogen (secondary N) is 1. The molecule has 0 bridgehead atoms. The highest BCUT2D eigenvalue weighted by molar-refractivity contribution is 5.42. The minimum absolute atomic E-state index is 0.265. The summed E-state index contributed by atoms with van der Waals surface area (Å²) in [6, 6.07) is 11.3. The van der Waals surface area contributed by atoms with Gasteiger partial charge in [-0.3, -0.25) is 4.68 Å². The summed E-state index contributed by atoms with van der Waals surface area (Å²) in [7, 11) is 0. The molecule has 3 heteroatoms. The third kappa shape index (κ3) is 4.62. The summed E-state index contributed by atoms with van der Waals surface area (Å²) in [5.41, 5.74) is 2.67. The standard InChI is InChI=1S/C18H27N3/c1-14(2)21-13-16(12-19-21)20-17(11-18(3,4)5)15-9-7-6-8-10-15/h6-10,12-14,17,20H,11H2,1-5H3. The molecule has 1 unspecified atom stereocenters. The van der Waals surface area contributed by atoms with Crippen LogP contribution in [0.25, 0.3) is 0 Å². The highest BCUT2D eigenvalue weighted by Gasteiger charge is 2.20. The number of hydrogen-bond donors (Lipinski definition) is 1. The first-order valence-corrected chi connectivity index (χ1v) is 7.71. The first-order chi connectivity index (χ1) is 9.85. The summed E-state index contributed by atoms with van der Waals surface area (Å²) in [6.45, 7) is 11.1. The van der Waals surface area contributed by atoms with Crippen LogP contribution in [0.3, 0.4) is 0 Å². The molecular formula is C18H27N3. The van der Waals surface area contributed by atoms with Gasteiger partial charge in [-0.25, -0.2) is 0 Å². The third-order valence-electron chi connectivity index (χ3n) is 3.49. The Balaban J connectivity index is 2.19. The zero-order valence-corrected chi connectivity index (χ0v) is 13.8. The van der Waals surface area contributed by atoms with E-state index >= 15 is 0 Å². The molecule has 1 aromatic carbocycles. The van der Waals surface area contributed by atoms with Crippen molar-refractivity contribution >= 4 is 5.69 Å². The smallest absolute Gasteiger partial charge is 0.0731 e. The normalized spacial score (nSPS) is 13.4. The fourth-order valence-electron chi connectivity index (χ4n) is 2.45. The second-order valence-corrected chi connectivity index (χ2v) is 7.18. The van der Waals surface area contributed by atoms with E-state index < -0.39 is 0 Å². The van der Waals surface area contributed by atoms with Crippen LogP contribution in [0.4, 0.5) is 5.69 Å². The lowest BCUT2D eigenvalue weighted by Gasteiger charge is -2.27. The molecule has 2 aromatic rings. The zero-order chi connectivity index (χ0) is 15.5. The Hall–Kier alpha value is -1.77. The summed E-state index contributed by atoms with van der Waals surface area (Å²) in [4.78, 5) is 0. The second-order valence-electron chi connectivity index (χ2n) is 7.18. The minimum atomic E-state index is 0.265. The molecule has 1 N–H and O–H groups in total. The SMILES string of the molecule is CC(C)n1cc(NC(CC(C)(C)C)c2ccccc2)cn1. The van der Waals surface area contributed by atoms with Crippen molar-refractivity contribution in [3.05, 3.63) is 48.3 Å². The summed E-state index contributed by atoms with van der Waals surface area (Å²) in [6.07, 6.45) is 5.08. The van der Waals surface area contributed by atoms with Gasteiger partial charge in [-0.05, 0) is 31.2 Å². The first kappa shape index (κ1) is 15.6. The van der Waals surface area contributed by atoms with Gasteiger partial charge in [0.25, 0.3) is 0 Å². The monoisotopic (exact) mass is 285 g/mol. The van der Waals surface area contributed by atoms with E-state index in [4.69, 9.17) is 0 Å². The molecule has 3 nitrogen and oxygen atoms in total. The lowest BCUT2D eigenvalue weighted by atomic mass is 9.85. The molecule has 0 amide bonds. The van der Waals surface area contributed by atoms with Gasteiger partial charge in [0, 0.05) is 12.2 Å².